The molecule has 0 spiro atoms. The van der Waals surface area contributed by atoms with Crippen LogP contribution in [0.15, 0.2) is 192 Å². The van der Waals surface area contributed by atoms with Crippen molar-refractivity contribution >= 4 is 34.4 Å². The predicted molar refractivity (Wildman–Crippen MR) is 214 cm³/mol. The van der Waals surface area contributed by atoms with Crippen LogP contribution in [-0.4, -0.2) is 24.0 Å². The molecule has 0 bridgehead atoms. The molecule has 0 aliphatic carbocycles. The van der Waals surface area contributed by atoms with Crippen molar-refractivity contribution in [2.75, 3.05) is 20.0 Å². The first kappa shape index (κ1) is 32.7. The van der Waals surface area contributed by atoms with Gasteiger partial charge in [0.2, 0.25) is 0 Å². The molecular weight excluding hydrogens is 641 g/mol. The number of rotatable bonds is 11. The van der Waals surface area contributed by atoms with Crippen molar-refractivity contribution in [3.05, 3.63) is 193 Å². The standard InChI is InChI=1S/C44H42N8/c1-7-21-35(22-8-1)43-45-49(37-25-11-3-12-26-37)41(50(46-43)38-27-13-4-14-28-38)33-19-20-34-42-51(39-29-15-5-16-30-39)47-44(36-23-9-2-10-24-36)48-52(42)40-31-17-6-18-32-40/h1-18,21-32,41-42H,19-20,33-34H2,(H,45,46)(H,47,48). The maximum atomic E-state index is 5.24. The van der Waals surface area contributed by atoms with Gasteiger partial charge < -0.3 is 0 Å². The van der Waals surface area contributed by atoms with E-state index in [-0.39, 0.29) is 12.3 Å². The van der Waals surface area contributed by atoms with Crippen molar-refractivity contribution in [3.8, 4) is 0 Å². The molecule has 52 heavy (non-hydrogen) atoms. The SMILES string of the molecule is c1ccc(C2=NN(c3ccccc3)C(CCCCC3N(c4ccccc4)N=C(c4ccccc4)NN3c3ccccc3)N(c3ccccc3)N2)cc1. The number of hydrazone groups is 2. The third kappa shape index (κ3) is 7.18. The molecule has 2 atom stereocenters. The molecule has 0 amide bonds. The van der Waals surface area contributed by atoms with Gasteiger partial charge in [0.05, 0.1) is 22.7 Å². The Morgan fingerprint density at radius 2 is 0.654 bits per heavy atom. The van der Waals surface area contributed by atoms with E-state index in [2.05, 4.69) is 201 Å². The van der Waals surface area contributed by atoms with E-state index in [1.165, 1.54) is 0 Å². The van der Waals surface area contributed by atoms with E-state index >= 15 is 0 Å². The zero-order chi connectivity index (χ0) is 35.0. The molecule has 0 aromatic heterocycles. The van der Waals surface area contributed by atoms with Crippen molar-refractivity contribution in [2.24, 2.45) is 10.2 Å². The van der Waals surface area contributed by atoms with E-state index in [1.807, 2.05) is 12.1 Å². The first-order valence-corrected chi connectivity index (χ1v) is 18.0. The molecule has 8 nitrogen and oxygen atoms in total. The van der Waals surface area contributed by atoms with E-state index in [0.29, 0.717) is 0 Å². The summed E-state index contributed by atoms with van der Waals surface area (Å²) in [6, 6.07) is 62.7. The number of anilines is 4. The molecule has 0 fully saturated rings. The van der Waals surface area contributed by atoms with Gasteiger partial charge in [-0.2, -0.15) is 10.2 Å². The Bertz CT molecular complexity index is 1910. The third-order valence-electron chi connectivity index (χ3n) is 9.41. The third-order valence-corrected chi connectivity index (χ3v) is 9.41. The number of para-hydroxylation sites is 4. The minimum absolute atomic E-state index is 0.0695. The Kier molecular flexibility index (Phi) is 9.77. The molecule has 8 rings (SSSR count). The second-order valence-electron chi connectivity index (χ2n) is 12.9. The molecule has 0 radical (unpaired) electrons. The van der Waals surface area contributed by atoms with Crippen molar-refractivity contribution in [1.29, 1.82) is 0 Å². The number of unbranched alkanes of at least 4 members (excludes halogenated alkanes) is 1. The Balaban J connectivity index is 1.10. The summed E-state index contributed by atoms with van der Waals surface area (Å²) in [6.07, 6.45) is 3.54. The van der Waals surface area contributed by atoms with Crippen molar-refractivity contribution < 1.29 is 0 Å². The van der Waals surface area contributed by atoms with Gasteiger partial charge in [-0.05, 0) is 74.2 Å². The highest BCUT2D eigenvalue weighted by Gasteiger charge is 2.34. The van der Waals surface area contributed by atoms with Gasteiger partial charge in [0.25, 0.3) is 0 Å². The lowest BCUT2D eigenvalue weighted by Gasteiger charge is -2.45. The molecule has 0 saturated heterocycles. The summed E-state index contributed by atoms with van der Waals surface area (Å²) < 4.78 is 0. The molecule has 2 aliphatic heterocycles. The summed E-state index contributed by atoms with van der Waals surface area (Å²) in [5.74, 6) is 1.61. The summed E-state index contributed by atoms with van der Waals surface area (Å²) in [7, 11) is 0. The lowest BCUT2D eigenvalue weighted by atomic mass is 10.1. The Labute approximate surface area is 305 Å². The molecule has 2 aliphatic rings. The van der Waals surface area contributed by atoms with Gasteiger partial charge in [0.1, 0.15) is 12.3 Å². The van der Waals surface area contributed by atoms with Crippen molar-refractivity contribution in [3.63, 3.8) is 0 Å². The lowest BCUT2D eigenvalue weighted by molar-refractivity contribution is 0.431. The van der Waals surface area contributed by atoms with E-state index in [4.69, 9.17) is 10.2 Å². The molecule has 2 N–H and O–H groups in total. The van der Waals surface area contributed by atoms with Crippen LogP contribution in [0.3, 0.4) is 0 Å². The van der Waals surface area contributed by atoms with E-state index in [9.17, 15) is 0 Å². The Morgan fingerprint density at radius 1 is 0.365 bits per heavy atom. The summed E-state index contributed by atoms with van der Waals surface area (Å²) in [4.78, 5) is 0. The summed E-state index contributed by atoms with van der Waals surface area (Å²) in [6.45, 7) is 0. The van der Waals surface area contributed by atoms with Crippen LogP contribution >= 0.6 is 0 Å². The van der Waals surface area contributed by atoms with Crippen LogP contribution in [0, 0.1) is 0 Å². The Morgan fingerprint density at radius 3 is 0.981 bits per heavy atom. The summed E-state index contributed by atoms with van der Waals surface area (Å²) >= 11 is 0. The highest BCUT2D eigenvalue weighted by molar-refractivity contribution is 6.01. The number of benzene rings is 6. The largest absolute Gasteiger partial charge is 0.278 e. The highest BCUT2D eigenvalue weighted by atomic mass is 15.7. The number of amidine groups is 2. The van der Waals surface area contributed by atoms with E-state index in [0.717, 1.165) is 71.2 Å². The van der Waals surface area contributed by atoms with Crippen LogP contribution in [-0.2, 0) is 0 Å². The van der Waals surface area contributed by atoms with Gasteiger partial charge in [-0.1, -0.05) is 133 Å². The van der Waals surface area contributed by atoms with E-state index < -0.39 is 0 Å². The topological polar surface area (TPSA) is 61.7 Å². The second-order valence-corrected chi connectivity index (χ2v) is 12.9. The average molecular weight is 683 g/mol. The molecule has 0 saturated carbocycles. The lowest BCUT2D eigenvalue weighted by Crippen LogP contribution is -2.60. The summed E-state index contributed by atoms with van der Waals surface area (Å²) in [5.41, 5.74) is 13.7. The van der Waals surface area contributed by atoms with Crippen LogP contribution in [0.25, 0.3) is 0 Å². The molecular formula is C44H42N8. The fraction of sp³-hybridized carbons (Fsp3) is 0.136. The van der Waals surface area contributed by atoms with E-state index in [1.54, 1.807) is 0 Å². The smallest absolute Gasteiger partial charge is 0.172 e. The number of hydrazine groups is 2. The van der Waals surface area contributed by atoms with Crippen molar-refractivity contribution in [1.82, 2.24) is 10.9 Å². The van der Waals surface area contributed by atoms with Gasteiger partial charge in [-0.3, -0.25) is 20.9 Å². The van der Waals surface area contributed by atoms with Crippen LogP contribution in [0.4, 0.5) is 22.7 Å². The van der Waals surface area contributed by atoms with Crippen LogP contribution in [0.2, 0.25) is 0 Å². The molecule has 258 valence electrons. The van der Waals surface area contributed by atoms with Crippen molar-refractivity contribution in [2.45, 2.75) is 38.0 Å². The maximum absolute atomic E-state index is 5.24. The molecule has 8 heteroatoms. The average Bonchev–Trinajstić information content (AvgIpc) is 3.24. The fourth-order valence-corrected chi connectivity index (χ4v) is 6.85. The normalized spacial score (nSPS) is 17.2. The highest BCUT2D eigenvalue weighted by Crippen LogP contribution is 2.32. The Hall–Kier alpha value is -6.54. The zero-order valence-electron chi connectivity index (χ0n) is 29.0. The van der Waals surface area contributed by atoms with Gasteiger partial charge in [0, 0.05) is 11.1 Å². The van der Waals surface area contributed by atoms with Gasteiger partial charge in [-0.15, -0.1) is 0 Å². The molecule has 2 unspecified atom stereocenters. The quantitative estimate of drug-likeness (QED) is 0.133. The van der Waals surface area contributed by atoms with Crippen LogP contribution < -0.4 is 30.9 Å². The molecule has 2 heterocycles. The number of hydrogen-bond acceptors (Lipinski definition) is 8. The van der Waals surface area contributed by atoms with Gasteiger partial charge >= 0.3 is 0 Å². The molecule has 6 aromatic carbocycles. The van der Waals surface area contributed by atoms with Gasteiger partial charge in [0.15, 0.2) is 11.7 Å². The second kappa shape index (κ2) is 15.6. The van der Waals surface area contributed by atoms with Crippen LogP contribution in [0.5, 0.6) is 0 Å². The fourth-order valence-electron chi connectivity index (χ4n) is 6.85. The minimum Gasteiger partial charge on any atom is -0.278 e. The number of nitrogens with zero attached hydrogens (tertiary/aromatic N) is 6. The van der Waals surface area contributed by atoms with Crippen LogP contribution in [0.1, 0.15) is 36.8 Å². The number of hydrogen-bond donors (Lipinski definition) is 2. The first-order valence-electron chi connectivity index (χ1n) is 18.0. The first-order chi connectivity index (χ1) is 25.8. The monoisotopic (exact) mass is 682 g/mol. The minimum atomic E-state index is -0.0695. The summed E-state index contributed by atoms with van der Waals surface area (Å²) in [5, 5.41) is 19.4. The zero-order valence-corrected chi connectivity index (χ0v) is 29.0. The van der Waals surface area contributed by atoms with Gasteiger partial charge in [-0.25, -0.2) is 10.0 Å². The predicted octanol–water partition coefficient (Wildman–Crippen LogP) is 8.99. The maximum Gasteiger partial charge on any atom is 0.172 e. The molecule has 6 aromatic rings. The number of nitrogens with one attached hydrogen (secondary N) is 2.